The van der Waals surface area contributed by atoms with Gasteiger partial charge < -0.3 is 4.90 Å². The molecule has 1 aromatic rings. The molecule has 1 saturated carbocycles. The minimum atomic E-state index is 0.171. The number of rotatable bonds is 1. The van der Waals surface area contributed by atoms with Gasteiger partial charge in [-0.2, -0.15) is 10.4 Å². The Balaban J connectivity index is 1.54. The molecule has 2 aliphatic carbocycles. The van der Waals surface area contributed by atoms with Crippen molar-refractivity contribution in [3.05, 3.63) is 29.6 Å². The van der Waals surface area contributed by atoms with E-state index in [-0.39, 0.29) is 5.92 Å². The molecule has 0 unspecified atom stereocenters. The summed E-state index contributed by atoms with van der Waals surface area (Å²) in [6.07, 6.45) is 7.57. The maximum absolute atomic E-state index is 12.8. The molecular weight excluding hydrogens is 264 g/mol. The van der Waals surface area contributed by atoms with Gasteiger partial charge in [-0.25, -0.2) is 0 Å². The molecule has 0 spiro atoms. The van der Waals surface area contributed by atoms with E-state index in [9.17, 15) is 4.79 Å². The third kappa shape index (κ3) is 2.06. The largest absolute Gasteiger partial charge is 0.336 e. The lowest BCUT2D eigenvalue weighted by atomic mass is 9.92. The molecule has 1 fully saturated rings. The van der Waals surface area contributed by atoms with Crippen molar-refractivity contribution in [2.24, 2.45) is 17.8 Å². The molecule has 1 aromatic heterocycles. The molecule has 1 amide bonds. The maximum atomic E-state index is 12.8. The van der Waals surface area contributed by atoms with E-state index in [1.807, 2.05) is 15.6 Å². The van der Waals surface area contributed by atoms with E-state index in [1.54, 1.807) is 0 Å². The van der Waals surface area contributed by atoms with Crippen LogP contribution < -0.4 is 0 Å². The molecular formula is C16H18N4O. The summed E-state index contributed by atoms with van der Waals surface area (Å²) in [7, 11) is 0. The lowest BCUT2D eigenvalue weighted by molar-refractivity contribution is -0.137. The van der Waals surface area contributed by atoms with Crippen molar-refractivity contribution in [3.63, 3.8) is 0 Å². The van der Waals surface area contributed by atoms with E-state index in [4.69, 9.17) is 5.26 Å². The average molecular weight is 282 g/mol. The van der Waals surface area contributed by atoms with Crippen molar-refractivity contribution in [3.8, 4) is 6.07 Å². The fraction of sp³-hybridized carbons (Fsp3) is 0.562. The number of carbonyl (C=O) groups excluding carboxylic acids is 1. The molecule has 0 saturated heterocycles. The molecule has 1 aliphatic heterocycles. The van der Waals surface area contributed by atoms with Crippen LogP contribution in [0.2, 0.25) is 0 Å². The number of amides is 1. The molecule has 108 valence electrons. The van der Waals surface area contributed by atoms with Gasteiger partial charge in [0.1, 0.15) is 6.07 Å². The van der Waals surface area contributed by atoms with Gasteiger partial charge in [0.25, 0.3) is 0 Å². The first-order chi connectivity index (χ1) is 10.2. The van der Waals surface area contributed by atoms with E-state index < -0.39 is 0 Å². The molecule has 5 nitrogen and oxygen atoms in total. The summed E-state index contributed by atoms with van der Waals surface area (Å²) in [6, 6.07) is 3.89. The zero-order valence-electron chi connectivity index (χ0n) is 11.9. The number of hydrogen-bond donors (Lipinski definition) is 0. The molecule has 3 atom stereocenters. The first kappa shape index (κ1) is 12.6. The van der Waals surface area contributed by atoms with Crippen LogP contribution in [0.1, 0.15) is 30.7 Å². The summed E-state index contributed by atoms with van der Waals surface area (Å²) in [4.78, 5) is 14.8. The minimum Gasteiger partial charge on any atom is -0.336 e. The third-order valence-corrected chi connectivity index (χ3v) is 5.04. The first-order valence-corrected chi connectivity index (χ1v) is 7.68. The molecule has 3 aliphatic rings. The Morgan fingerprint density at radius 1 is 1.33 bits per heavy atom. The van der Waals surface area contributed by atoms with Crippen LogP contribution in [0.4, 0.5) is 0 Å². The SMILES string of the molecule is N#Cc1cc2n(n1)CCCN(C(=O)[C@H]1C[C@@H]3C=C[C@H]1C3)C2. The summed E-state index contributed by atoms with van der Waals surface area (Å²) in [5.74, 6) is 1.53. The monoisotopic (exact) mass is 282 g/mol. The Morgan fingerprint density at radius 2 is 2.24 bits per heavy atom. The van der Waals surface area contributed by atoms with Crippen LogP contribution in [0.3, 0.4) is 0 Å². The van der Waals surface area contributed by atoms with Crippen molar-refractivity contribution in [2.75, 3.05) is 6.54 Å². The normalized spacial score (nSPS) is 30.0. The fourth-order valence-electron chi connectivity index (χ4n) is 4.00. The molecule has 0 N–H and O–H groups in total. The summed E-state index contributed by atoms with van der Waals surface area (Å²) in [5.41, 5.74) is 1.43. The second kappa shape index (κ2) is 4.73. The Bertz CT molecular complexity index is 654. The van der Waals surface area contributed by atoms with E-state index in [2.05, 4.69) is 23.3 Å². The second-order valence-corrected chi connectivity index (χ2v) is 6.36. The minimum absolute atomic E-state index is 0.171. The van der Waals surface area contributed by atoms with Crippen LogP contribution in [0.15, 0.2) is 18.2 Å². The predicted molar refractivity (Wildman–Crippen MR) is 75.8 cm³/mol. The van der Waals surface area contributed by atoms with Crippen LogP contribution >= 0.6 is 0 Å². The number of nitrogens with zero attached hydrogens (tertiary/aromatic N) is 4. The van der Waals surface area contributed by atoms with Crippen molar-refractivity contribution >= 4 is 5.91 Å². The Labute approximate surface area is 123 Å². The molecule has 2 heterocycles. The highest BCUT2D eigenvalue weighted by molar-refractivity contribution is 5.80. The number of nitriles is 1. The molecule has 5 heteroatoms. The van der Waals surface area contributed by atoms with Crippen LogP contribution in [-0.2, 0) is 17.9 Å². The zero-order valence-corrected chi connectivity index (χ0v) is 11.9. The van der Waals surface area contributed by atoms with Crippen LogP contribution in [0.5, 0.6) is 0 Å². The molecule has 0 radical (unpaired) electrons. The number of allylic oxidation sites excluding steroid dienone is 2. The summed E-state index contributed by atoms with van der Waals surface area (Å²) >= 11 is 0. The molecule has 21 heavy (non-hydrogen) atoms. The number of aryl methyl sites for hydroxylation is 1. The smallest absolute Gasteiger partial charge is 0.226 e. The van der Waals surface area contributed by atoms with Gasteiger partial charge in [-0.05, 0) is 37.2 Å². The van der Waals surface area contributed by atoms with Gasteiger partial charge in [0.05, 0.1) is 12.2 Å². The van der Waals surface area contributed by atoms with Crippen molar-refractivity contribution < 1.29 is 4.79 Å². The summed E-state index contributed by atoms with van der Waals surface area (Å²) < 4.78 is 1.88. The van der Waals surface area contributed by atoms with Gasteiger partial charge in [0.15, 0.2) is 5.69 Å². The molecule has 4 rings (SSSR count). The first-order valence-electron chi connectivity index (χ1n) is 7.68. The third-order valence-electron chi connectivity index (χ3n) is 5.04. The summed E-state index contributed by atoms with van der Waals surface area (Å²) in [5, 5.41) is 13.2. The Morgan fingerprint density at radius 3 is 2.95 bits per heavy atom. The van der Waals surface area contributed by atoms with Gasteiger partial charge in [0.2, 0.25) is 5.91 Å². The Hall–Kier alpha value is -2.09. The van der Waals surface area contributed by atoms with E-state index in [1.165, 1.54) is 0 Å². The Kier molecular flexibility index (Phi) is 2.85. The average Bonchev–Trinajstić information content (AvgIpc) is 3.18. The number of fused-ring (bicyclic) bond motifs is 3. The highest BCUT2D eigenvalue weighted by Gasteiger charge is 2.41. The maximum Gasteiger partial charge on any atom is 0.226 e. The van der Waals surface area contributed by atoms with Gasteiger partial charge in [-0.3, -0.25) is 9.48 Å². The van der Waals surface area contributed by atoms with Crippen molar-refractivity contribution in [1.29, 1.82) is 5.26 Å². The van der Waals surface area contributed by atoms with Gasteiger partial charge in [-0.15, -0.1) is 0 Å². The van der Waals surface area contributed by atoms with E-state index >= 15 is 0 Å². The van der Waals surface area contributed by atoms with Crippen LogP contribution in [0, 0.1) is 29.1 Å². The lowest BCUT2D eigenvalue weighted by Crippen LogP contribution is -2.37. The fourth-order valence-corrected chi connectivity index (χ4v) is 4.00. The molecule has 2 bridgehead atoms. The summed E-state index contributed by atoms with van der Waals surface area (Å²) in [6.45, 7) is 2.17. The van der Waals surface area contributed by atoms with Crippen molar-refractivity contribution in [2.45, 2.75) is 32.4 Å². The highest BCUT2D eigenvalue weighted by Crippen LogP contribution is 2.44. The van der Waals surface area contributed by atoms with Crippen molar-refractivity contribution in [1.82, 2.24) is 14.7 Å². The van der Waals surface area contributed by atoms with Gasteiger partial charge in [0, 0.05) is 19.0 Å². The standard InChI is InChI=1S/C16H18N4O/c17-9-13-8-14-10-19(4-1-5-20(14)18-13)16(21)15-7-11-2-3-12(15)6-11/h2-3,8,11-12,15H,1,4-7,10H2/t11-,12+,15+/m1/s1. The quantitative estimate of drug-likeness (QED) is 0.736. The van der Waals surface area contributed by atoms with Crippen LogP contribution in [0.25, 0.3) is 0 Å². The predicted octanol–water partition coefficient (Wildman–Crippen LogP) is 1.70. The molecule has 0 aromatic carbocycles. The highest BCUT2D eigenvalue weighted by atomic mass is 16.2. The van der Waals surface area contributed by atoms with Crippen LogP contribution in [-0.4, -0.2) is 27.1 Å². The number of aromatic nitrogens is 2. The number of hydrogen-bond acceptors (Lipinski definition) is 3. The number of carbonyl (C=O) groups is 1. The van der Waals surface area contributed by atoms with E-state index in [0.717, 1.165) is 38.0 Å². The zero-order chi connectivity index (χ0) is 14.4. The second-order valence-electron chi connectivity index (χ2n) is 6.36. The van der Waals surface area contributed by atoms with E-state index in [0.29, 0.717) is 30.0 Å². The topological polar surface area (TPSA) is 61.9 Å². The van der Waals surface area contributed by atoms with Gasteiger partial charge in [-0.1, -0.05) is 12.2 Å². The van der Waals surface area contributed by atoms with Gasteiger partial charge >= 0.3 is 0 Å². The lowest BCUT2D eigenvalue weighted by Gasteiger charge is -2.26.